The van der Waals surface area contributed by atoms with Crippen LogP contribution >= 0.6 is 0 Å². The molecule has 4 aliphatic rings. The highest BCUT2D eigenvalue weighted by Gasteiger charge is 2.67. The Morgan fingerprint density at radius 1 is 1.06 bits per heavy atom. The molecule has 0 aromatic heterocycles. The third-order valence-corrected chi connectivity index (χ3v) is 7.82. The summed E-state index contributed by atoms with van der Waals surface area (Å²) < 4.78 is 0. The van der Waals surface area contributed by atoms with E-state index in [0.29, 0.717) is 5.41 Å². The molecule has 0 N–H and O–H groups in total. The van der Waals surface area contributed by atoms with Gasteiger partial charge in [-0.3, -0.25) is 0 Å². The van der Waals surface area contributed by atoms with Crippen molar-refractivity contribution >= 4 is 0 Å². The standard InChI is InChI=1S/C16H26/c1-4-16(3)9(2)12-8-13(16)15-11-6-5-10(7-11)14(12)15/h9-15H,4-8H2,1-3H3/t9?,10?,11?,12?,13?,14?,15?,16-/m0/s1. The van der Waals surface area contributed by atoms with Crippen molar-refractivity contribution in [1.82, 2.24) is 0 Å². The van der Waals surface area contributed by atoms with Gasteiger partial charge in [-0.25, -0.2) is 0 Å². The second-order valence-corrected chi connectivity index (χ2v) is 7.64. The smallest absolute Gasteiger partial charge is 0.0269 e. The molecule has 0 aliphatic heterocycles. The van der Waals surface area contributed by atoms with Crippen molar-refractivity contribution in [2.45, 2.75) is 52.9 Å². The summed E-state index contributed by atoms with van der Waals surface area (Å²) >= 11 is 0. The monoisotopic (exact) mass is 218 g/mol. The Morgan fingerprint density at radius 2 is 1.75 bits per heavy atom. The fraction of sp³-hybridized carbons (Fsp3) is 1.00. The molecule has 0 saturated heterocycles. The van der Waals surface area contributed by atoms with Crippen LogP contribution in [0.2, 0.25) is 0 Å². The normalized spacial score (nSPS) is 66.6. The molecule has 8 atom stereocenters. The predicted octanol–water partition coefficient (Wildman–Crippen LogP) is 4.35. The van der Waals surface area contributed by atoms with Crippen molar-refractivity contribution < 1.29 is 0 Å². The number of hydrogen-bond acceptors (Lipinski definition) is 0. The Labute approximate surface area is 100 Å². The molecule has 90 valence electrons. The van der Waals surface area contributed by atoms with Crippen LogP contribution in [-0.2, 0) is 0 Å². The molecule has 4 fully saturated rings. The number of rotatable bonds is 1. The molecule has 4 aliphatic carbocycles. The maximum absolute atomic E-state index is 2.62. The van der Waals surface area contributed by atoms with Gasteiger partial charge >= 0.3 is 0 Å². The van der Waals surface area contributed by atoms with Gasteiger partial charge in [-0.05, 0) is 72.5 Å². The highest BCUT2D eigenvalue weighted by molar-refractivity contribution is 5.15. The summed E-state index contributed by atoms with van der Waals surface area (Å²) in [5, 5.41) is 0. The van der Waals surface area contributed by atoms with Gasteiger partial charge in [0.1, 0.15) is 0 Å². The molecule has 0 heterocycles. The molecule has 0 spiro atoms. The van der Waals surface area contributed by atoms with E-state index in [1.165, 1.54) is 18.3 Å². The van der Waals surface area contributed by atoms with Crippen molar-refractivity contribution in [2.24, 2.45) is 46.8 Å². The predicted molar refractivity (Wildman–Crippen MR) is 67.0 cm³/mol. The molecule has 0 nitrogen and oxygen atoms in total. The SMILES string of the molecule is CC[C@@]1(C)C(C)C2CC1C1C3CCC(C3)C21. The molecule has 4 rings (SSSR count). The number of fused-ring (bicyclic) bond motifs is 9. The van der Waals surface area contributed by atoms with E-state index in [1.54, 1.807) is 25.7 Å². The summed E-state index contributed by atoms with van der Waals surface area (Å²) in [5.74, 6) is 7.91. The van der Waals surface area contributed by atoms with Crippen molar-refractivity contribution in [3.63, 3.8) is 0 Å². The second kappa shape index (κ2) is 2.87. The Balaban J connectivity index is 1.74. The lowest BCUT2D eigenvalue weighted by atomic mass is 9.56. The van der Waals surface area contributed by atoms with E-state index in [-0.39, 0.29) is 0 Å². The number of hydrogen-bond donors (Lipinski definition) is 0. The van der Waals surface area contributed by atoms with Gasteiger partial charge in [-0.1, -0.05) is 27.2 Å². The Morgan fingerprint density at radius 3 is 2.44 bits per heavy atom. The summed E-state index contributed by atoms with van der Waals surface area (Å²) in [7, 11) is 0. The van der Waals surface area contributed by atoms with Crippen LogP contribution in [-0.4, -0.2) is 0 Å². The lowest BCUT2D eigenvalue weighted by Crippen LogP contribution is -2.43. The molecule has 7 unspecified atom stereocenters. The molecule has 0 heteroatoms. The van der Waals surface area contributed by atoms with Gasteiger partial charge in [0.25, 0.3) is 0 Å². The zero-order chi connectivity index (χ0) is 11.1. The summed E-state index contributed by atoms with van der Waals surface area (Å²) in [6, 6.07) is 0. The Kier molecular flexibility index (Phi) is 1.79. The molecular formula is C16H26. The van der Waals surface area contributed by atoms with Crippen molar-refractivity contribution in [1.29, 1.82) is 0 Å². The van der Waals surface area contributed by atoms with Crippen molar-refractivity contribution in [3.8, 4) is 0 Å². The minimum Gasteiger partial charge on any atom is -0.0648 e. The summed E-state index contributed by atoms with van der Waals surface area (Å²) in [6.07, 6.45) is 7.83. The van der Waals surface area contributed by atoms with Gasteiger partial charge in [-0.2, -0.15) is 0 Å². The van der Waals surface area contributed by atoms with Crippen LogP contribution in [0.15, 0.2) is 0 Å². The molecule has 4 saturated carbocycles. The van der Waals surface area contributed by atoms with Gasteiger partial charge < -0.3 is 0 Å². The van der Waals surface area contributed by atoms with E-state index >= 15 is 0 Å². The Hall–Kier alpha value is 0. The van der Waals surface area contributed by atoms with Crippen molar-refractivity contribution in [2.75, 3.05) is 0 Å². The van der Waals surface area contributed by atoms with Crippen LogP contribution in [0.5, 0.6) is 0 Å². The minimum atomic E-state index is 0.705. The summed E-state index contributed by atoms with van der Waals surface area (Å²) in [6.45, 7) is 7.64. The molecule has 4 bridgehead atoms. The van der Waals surface area contributed by atoms with Gasteiger partial charge in [0.2, 0.25) is 0 Å². The zero-order valence-corrected chi connectivity index (χ0v) is 11.1. The van der Waals surface area contributed by atoms with Crippen LogP contribution in [0.4, 0.5) is 0 Å². The molecular weight excluding hydrogens is 192 g/mol. The quantitative estimate of drug-likeness (QED) is 0.574. The third-order valence-electron chi connectivity index (χ3n) is 7.82. The third kappa shape index (κ3) is 0.875. The van der Waals surface area contributed by atoms with E-state index in [4.69, 9.17) is 0 Å². The van der Waals surface area contributed by atoms with Crippen LogP contribution < -0.4 is 0 Å². The van der Waals surface area contributed by atoms with Crippen LogP contribution in [0.25, 0.3) is 0 Å². The van der Waals surface area contributed by atoms with Crippen LogP contribution in [0.3, 0.4) is 0 Å². The first kappa shape index (κ1) is 9.97. The first-order chi connectivity index (χ1) is 7.66. The highest BCUT2D eigenvalue weighted by atomic mass is 14.7. The van der Waals surface area contributed by atoms with Crippen LogP contribution in [0.1, 0.15) is 52.9 Å². The van der Waals surface area contributed by atoms with E-state index < -0.39 is 0 Å². The maximum atomic E-state index is 2.62. The lowest BCUT2D eigenvalue weighted by Gasteiger charge is -2.48. The average Bonchev–Trinajstić information content (AvgIpc) is 2.99. The topological polar surface area (TPSA) is 0 Å². The van der Waals surface area contributed by atoms with Gasteiger partial charge in [0.05, 0.1) is 0 Å². The summed E-state index contributed by atoms with van der Waals surface area (Å²) in [5.41, 5.74) is 0.705. The van der Waals surface area contributed by atoms with E-state index in [1.807, 2.05) is 0 Å². The van der Waals surface area contributed by atoms with E-state index in [0.717, 1.165) is 29.6 Å². The molecule has 0 aromatic rings. The lowest BCUT2D eigenvalue weighted by molar-refractivity contribution is -0.00293. The fourth-order valence-electron chi connectivity index (χ4n) is 6.88. The minimum absolute atomic E-state index is 0.705. The first-order valence-corrected chi connectivity index (χ1v) is 7.66. The molecule has 16 heavy (non-hydrogen) atoms. The molecule has 0 aromatic carbocycles. The van der Waals surface area contributed by atoms with Gasteiger partial charge in [-0.15, -0.1) is 0 Å². The zero-order valence-electron chi connectivity index (χ0n) is 11.1. The summed E-state index contributed by atoms with van der Waals surface area (Å²) in [4.78, 5) is 0. The Bertz CT molecular complexity index is 320. The van der Waals surface area contributed by atoms with E-state index in [9.17, 15) is 0 Å². The first-order valence-electron chi connectivity index (χ1n) is 7.66. The maximum Gasteiger partial charge on any atom is -0.0269 e. The second-order valence-electron chi connectivity index (χ2n) is 7.64. The van der Waals surface area contributed by atoms with E-state index in [2.05, 4.69) is 20.8 Å². The van der Waals surface area contributed by atoms with Gasteiger partial charge in [0.15, 0.2) is 0 Å². The van der Waals surface area contributed by atoms with Crippen LogP contribution in [0, 0.1) is 46.8 Å². The highest BCUT2D eigenvalue weighted by Crippen LogP contribution is 2.74. The average molecular weight is 218 g/mol. The molecule has 0 amide bonds. The van der Waals surface area contributed by atoms with Crippen molar-refractivity contribution in [3.05, 3.63) is 0 Å². The molecule has 0 radical (unpaired) electrons. The fourth-order valence-corrected chi connectivity index (χ4v) is 6.88. The largest absolute Gasteiger partial charge is 0.0648 e. The van der Waals surface area contributed by atoms with Gasteiger partial charge in [0, 0.05) is 0 Å².